The van der Waals surface area contributed by atoms with Crippen LogP contribution in [0.1, 0.15) is 51.3 Å². The molecule has 0 radical (unpaired) electrons. The first-order chi connectivity index (χ1) is 8.65. The van der Waals surface area contributed by atoms with E-state index in [4.69, 9.17) is 0 Å². The van der Waals surface area contributed by atoms with Crippen LogP contribution < -0.4 is 5.32 Å². The predicted molar refractivity (Wildman–Crippen MR) is 75.7 cm³/mol. The highest BCUT2D eigenvalue weighted by atomic mass is 15.1. The van der Waals surface area contributed by atoms with E-state index >= 15 is 0 Å². The number of aromatic nitrogens is 2. The minimum Gasteiger partial charge on any atom is -0.311 e. The molecule has 0 saturated carbocycles. The lowest BCUT2D eigenvalue weighted by molar-refractivity contribution is 0.394. The van der Waals surface area contributed by atoms with Gasteiger partial charge in [0.05, 0.1) is 6.20 Å². The van der Waals surface area contributed by atoms with E-state index in [1.54, 1.807) is 0 Å². The Bertz CT molecular complexity index is 402. The largest absolute Gasteiger partial charge is 0.311 e. The molecule has 2 N–H and O–H groups in total. The van der Waals surface area contributed by atoms with E-state index < -0.39 is 0 Å². The van der Waals surface area contributed by atoms with Crippen LogP contribution in [0.2, 0.25) is 0 Å². The van der Waals surface area contributed by atoms with Crippen molar-refractivity contribution in [2.45, 2.75) is 65.0 Å². The first-order valence-corrected chi connectivity index (χ1v) is 7.05. The topological polar surface area (TPSA) is 40.7 Å². The third-order valence-electron chi connectivity index (χ3n) is 3.69. The summed E-state index contributed by atoms with van der Waals surface area (Å²) in [7, 11) is 0. The quantitative estimate of drug-likeness (QED) is 0.785. The summed E-state index contributed by atoms with van der Waals surface area (Å²) >= 11 is 0. The van der Waals surface area contributed by atoms with Crippen LogP contribution in [0, 0.1) is 0 Å². The summed E-state index contributed by atoms with van der Waals surface area (Å²) in [6, 6.07) is 1.22. The second kappa shape index (κ2) is 6.19. The normalized spacial score (nSPS) is 20.3. The fourth-order valence-corrected chi connectivity index (χ4v) is 2.67. The van der Waals surface area contributed by atoms with Gasteiger partial charge in [0.2, 0.25) is 0 Å². The summed E-state index contributed by atoms with van der Waals surface area (Å²) < 4.78 is 0. The van der Waals surface area contributed by atoms with Crippen molar-refractivity contribution in [3.8, 4) is 0 Å². The average Bonchev–Trinajstić information content (AvgIpc) is 2.75. The molecular weight excluding hydrogens is 222 g/mol. The van der Waals surface area contributed by atoms with Crippen molar-refractivity contribution in [3.63, 3.8) is 0 Å². The van der Waals surface area contributed by atoms with Gasteiger partial charge in [0.15, 0.2) is 0 Å². The van der Waals surface area contributed by atoms with Gasteiger partial charge >= 0.3 is 0 Å². The van der Waals surface area contributed by atoms with Gasteiger partial charge in [-0.15, -0.1) is 0 Å². The first kappa shape index (κ1) is 13.3. The molecule has 1 aliphatic carbocycles. The van der Waals surface area contributed by atoms with Gasteiger partial charge < -0.3 is 5.32 Å². The standard InChI is InChI=1S/C15H25N3/c1-11(2)5-4-6-12(3)17-14-7-8-15-13(9-14)10-16-18-15/h5,10,12,14,17H,4,6-9H2,1-3H3,(H,16,18)/t12-,14+/m0/s1. The van der Waals surface area contributed by atoms with E-state index in [0.717, 1.165) is 12.8 Å². The van der Waals surface area contributed by atoms with E-state index in [1.165, 1.54) is 36.1 Å². The zero-order valence-corrected chi connectivity index (χ0v) is 11.8. The van der Waals surface area contributed by atoms with Gasteiger partial charge in [0.1, 0.15) is 0 Å². The SMILES string of the molecule is CC(C)=CCC[C@H](C)N[C@@H]1CCc2[nH]ncc2C1. The summed E-state index contributed by atoms with van der Waals surface area (Å²) in [6.45, 7) is 6.63. The highest BCUT2D eigenvalue weighted by Gasteiger charge is 2.20. The van der Waals surface area contributed by atoms with Gasteiger partial charge in [0, 0.05) is 17.8 Å². The van der Waals surface area contributed by atoms with Gasteiger partial charge in [-0.2, -0.15) is 5.10 Å². The minimum absolute atomic E-state index is 0.596. The van der Waals surface area contributed by atoms with Crippen LogP contribution in [0.3, 0.4) is 0 Å². The first-order valence-electron chi connectivity index (χ1n) is 7.05. The number of hydrogen-bond acceptors (Lipinski definition) is 2. The molecule has 3 nitrogen and oxygen atoms in total. The van der Waals surface area contributed by atoms with E-state index in [1.807, 2.05) is 6.20 Å². The Labute approximate surface area is 110 Å². The van der Waals surface area contributed by atoms with Crippen LogP contribution in [0.15, 0.2) is 17.8 Å². The van der Waals surface area contributed by atoms with Crippen LogP contribution in [0.25, 0.3) is 0 Å². The summed E-state index contributed by atoms with van der Waals surface area (Å²) in [5.74, 6) is 0. The minimum atomic E-state index is 0.596. The van der Waals surface area contributed by atoms with Gasteiger partial charge in [-0.25, -0.2) is 0 Å². The lowest BCUT2D eigenvalue weighted by Crippen LogP contribution is -2.40. The molecule has 0 amide bonds. The summed E-state index contributed by atoms with van der Waals surface area (Å²) in [6.07, 6.45) is 10.2. The number of H-pyrrole nitrogens is 1. The van der Waals surface area contributed by atoms with Crippen LogP contribution in [-0.2, 0) is 12.8 Å². The van der Waals surface area contributed by atoms with E-state index in [2.05, 4.69) is 42.4 Å². The number of aryl methyl sites for hydroxylation is 1. The molecule has 0 saturated heterocycles. The Morgan fingerprint density at radius 1 is 1.61 bits per heavy atom. The van der Waals surface area contributed by atoms with Crippen molar-refractivity contribution in [1.82, 2.24) is 15.5 Å². The molecule has 0 bridgehead atoms. The Kier molecular flexibility index (Phi) is 4.59. The summed E-state index contributed by atoms with van der Waals surface area (Å²) in [5.41, 5.74) is 4.16. The molecule has 0 fully saturated rings. The maximum absolute atomic E-state index is 4.13. The molecule has 0 aromatic carbocycles. The number of nitrogens with zero attached hydrogens (tertiary/aromatic N) is 1. The molecule has 0 unspecified atom stereocenters. The molecule has 18 heavy (non-hydrogen) atoms. The summed E-state index contributed by atoms with van der Waals surface area (Å²) in [5, 5.41) is 11.0. The Hall–Kier alpha value is -1.09. The molecule has 1 heterocycles. The van der Waals surface area contributed by atoms with Crippen LogP contribution >= 0.6 is 0 Å². The second-order valence-electron chi connectivity index (χ2n) is 5.74. The Morgan fingerprint density at radius 3 is 3.22 bits per heavy atom. The number of aromatic amines is 1. The number of rotatable bonds is 5. The molecule has 1 aromatic rings. The van der Waals surface area contributed by atoms with Crippen molar-refractivity contribution in [3.05, 3.63) is 29.1 Å². The fourth-order valence-electron chi connectivity index (χ4n) is 2.67. The number of nitrogens with one attached hydrogen (secondary N) is 2. The Morgan fingerprint density at radius 2 is 2.44 bits per heavy atom. The Balaban J connectivity index is 1.76. The number of fused-ring (bicyclic) bond motifs is 1. The van der Waals surface area contributed by atoms with Gasteiger partial charge in [-0.3, -0.25) is 5.10 Å². The van der Waals surface area contributed by atoms with Gasteiger partial charge in [0.25, 0.3) is 0 Å². The lowest BCUT2D eigenvalue weighted by Gasteiger charge is -2.26. The van der Waals surface area contributed by atoms with Crippen molar-refractivity contribution in [1.29, 1.82) is 0 Å². The van der Waals surface area contributed by atoms with Crippen molar-refractivity contribution in [2.75, 3.05) is 0 Å². The zero-order chi connectivity index (χ0) is 13.0. The molecule has 2 rings (SSSR count). The fraction of sp³-hybridized carbons (Fsp3) is 0.667. The molecule has 0 aliphatic heterocycles. The maximum atomic E-state index is 4.13. The molecule has 1 aromatic heterocycles. The molecule has 3 heteroatoms. The highest BCUT2D eigenvalue weighted by Crippen LogP contribution is 2.19. The van der Waals surface area contributed by atoms with E-state index in [9.17, 15) is 0 Å². The monoisotopic (exact) mass is 247 g/mol. The van der Waals surface area contributed by atoms with Gasteiger partial charge in [-0.05, 0) is 58.4 Å². The lowest BCUT2D eigenvalue weighted by atomic mass is 9.93. The molecular formula is C15H25N3. The van der Waals surface area contributed by atoms with Crippen molar-refractivity contribution in [2.24, 2.45) is 0 Å². The predicted octanol–water partition coefficient (Wildman–Crippen LogP) is 2.99. The van der Waals surface area contributed by atoms with Crippen molar-refractivity contribution >= 4 is 0 Å². The van der Waals surface area contributed by atoms with E-state index in [0.29, 0.717) is 12.1 Å². The molecule has 100 valence electrons. The third kappa shape index (κ3) is 3.70. The smallest absolute Gasteiger partial charge is 0.0522 e. The van der Waals surface area contributed by atoms with Crippen LogP contribution in [-0.4, -0.2) is 22.3 Å². The summed E-state index contributed by atoms with van der Waals surface area (Å²) in [4.78, 5) is 0. The number of allylic oxidation sites excluding steroid dienone is 2. The molecule has 2 atom stereocenters. The number of hydrogen-bond donors (Lipinski definition) is 2. The molecule has 0 spiro atoms. The maximum Gasteiger partial charge on any atom is 0.0522 e. The van der Waals surface area contributed by atoms with E-state index in [-0.39, 0.29) is 0 Å². The average molecular weight is 247 g/mol. The zero-order valence-electron chi connectivity index (χ0n) is 11.8. The second-order valence-corrected chi connectivity index (χ2v) is 5.74. The van der Waals surface area contributed by atoms with Gasteiger partial charge in [-0.1, -0.05) is 11.6 Å². The van der Waals surface area contributed by atoms with Crippen molar-refractivity contribution < 1.29 is 0 Å². The van der Waals surface area contributed by atoms with Crippen LogP contribution in [0.5, 0.6) is 0 Å². The highest BCUT2D eigenvalue weighted by molar-refractivity contribution is 5.21. The molecule has 1 aliphatic rings. The third-order valence-corrected chi connectivity index (χ3v) is 3.69. The van der Waals surface area contributed by atoms with Crippen LogP contribution in [0.4, 0.5) is 0 Å².